The predicted molar refractivity (Wildman–Crippen MR) is 83.1 cm³/mol. The lowest BCUT2D eigenvalue weighted by Crippen LogP contribution is -2.43. The van der Waals surface area contributed by atoms with Gasteiger partial charge in [-0.15, -0.1) is 0 Å². The zero-order chi connectivity index (χ0) is 15.9. The van der Waals surface area contributed by atoms with Gasteiger partial charge in [0.15, 0.2) is 0 Å². The first-order valence-corrected chi connectivity index (χ1v) is 7.57. The largest absolute Gasteiger partial charge is 0.379 e. The average molecular weight is 309 g/mol. The molecule has 0 aliphatic carbocycles. The summed E-state index contributed by atoms with van der Waals surface area (Å²) in [6.07, 6.45) is 0. The number of nitrogens with zero attached hydrogens (tertiary/aromatic N) is 2. The second-order valence-electron chi connectivity index (χ2n) is 5.67. The average Bonchev–Trinajstić information content (AvgIpc) is 2.48. The number of carbonyl (C=O) groups is 1. The van der Waals surface area contributed by atoms with Crippen LogP contribution < -0.4 is 5.32 Å². The van der Waals surface area contributed by atoms with Gasteiger partial charge in [-0.05, 0) is 31.8 Å². The summed E-state index contributed by atoms with van der Waals surface area (Å²) in [5.74, 6) is -0.436. The summed E-state index contributed by atoms with van der Waals surface area (Å²) >= 11 is 0. The fraction of sp³-hybridized carbons (Fsp3) is 0.562. The Morgan fingerprint density at radius 2 is 2.14 bits per heavy atom. The highest BCUT2D eigenvalue weighted by Gasteiger charge is 2.23. The molecule has 1 atom stereocenters. The van der Waals surface area contributed by atoms with Gasteiger partial charge in [-0.3, -0.25) is 14.6 Å². The minimum atomic E-state index is -0.486. The number of rotatable bonds is 6. The highest BCUT2D eigenvalue weighted by molar-refractivity contribution is 5.83. The first kappa shape index (κ1) is 16.9. The number of likely N-dealkylation sites (N-methyl/N-ethyl adjacent to an activating group) is 1. The molecular weight excluding hydrogens is 285 g/mol. The number of benzene rings is 1. The number of amides is 1. The van der Waals surface area contributed by atoms with E-state index in [0.29, 0.717) is 12.1 Å². The fourth-order valence-corrected chi connectivity index (χ4v) is 2.62. The minimum absolute atomic E-state index is 0.108. The predicted octanol–water partition coefficient (Wildman–Crippen LogP) is 0.877. The second kappa shape index (κ2) is 8.22. The van der Waals surface area contributed by atoms with Crippen LogP contribution in [0, 0.1) is 5.82 Å². The van der Waals surface area contributed by atoms with Crippen molar-refractivity contribution in [2.75, 3.05) is 53.5 Å². The summed E-state index contributed by atoms with van der Waals surface area (Å²) in [4.78, 5) is 16.5. The lowest BCUT2D eigenvalue weighted by atomic mass is 10.1. The summed E-state index contributed by atoms with van der Waals surface area (Å²) in [5, 5.41) is 2.94. The van der Waals surface area contributed by atoms with Gasteiger partial charge in [-0.25, -0.2) is 4.39 Å². The Bertz CT molecular complexity index is 490. The van der Waals surface area contributed by atoms with Crippen LogP contribution in [-0.2, 0) is 9.53 Å². The second-order valence-corrected chi connectivity index (χ2v) is 5.67. The van der Waals surface area contributed by atoms with Gasteiger partial charge >= 0.3 is 0 Å². The number of ether oxygens (including phenoxy) is 1. The maximum atomic E-state index is 13.4. The molecule has 122 valence electrons. The van der Waals surface area contributed by atoms with E-state index in [1.807, 2.05) is 14.1 Å². The number of hydrogen-bond acceptors (Lipinski definition) is 4. The molecule has 1 fully saturated rings. The van der Waals surface area contributed by atoms with Crippen LogP contribution in [-0.4, -0.2) is 69.2 Å². The van der Waals surface area contributed by atoms with Crippen molar-refractivity contribution >= 4 is 5.91 Å². The van der Waals surface area contributed by atoms with E-state index in [9.17, 15) is 9.18 Å². The van der Waals surface area contributed by atoms with Crippen LogP contribution in [0.3, 0.4) is 0 Å². The number of nitrogens with one attached hydrogen (secondary N) is 1. The van der Waals surface area contributed by atoms with Crippen molar-refractivity contribution in [2.24, 2.45) is 0 Å². The van der Waals surface area contributed by atoms with Gasteiger partial charge in [0.1, 0.15) is 11.9 Å². The first-order chi connectivity index (χ1) is 10.6. The van der Waals surface area contributed by atoms with Crippen LogP contribution in [0.5, 0.6) is 0 Å². The molecule has 1 N–H and O–H groups in total. The van der Waals surface area contributed by atoms with E-state index in [-0.39, 0.29) is 11.7 Å². The molecule has 0 bridgehead atoms. The van der Waals surface area contributed by atoms with Gasteiger partial charge in [0.2, 0.25) is 5.91 Å². The number of carbonyl (C=O) groups excluding carboxylic acids is 1. The summed E-state index contributed by atoms with van der Waals surface area (Å²) in [6, 6.07) is 5.70. The van der Waals surface area contributed by atoms with E-state index in [1.54, 1.807) is 17.0 Å². The minimum Gasteiger partial charge on any atom is -0.379 e. The van der Waals surface area contributed by atoms with Crippen molar-refractivity contribution in [1.82, 2.24) is 15.1 Å². The maximum absolute atomic E-state index is 13.4. The summed E-state index contributed by atoms with van der Waals surface area (Å²) < 4.78 is 18.7. The Balaban J connectivity index is 1.89. The van der Waals surface area contributed by atoms with Crippen LogP contribution >= 0.6 is 0 Å². The van der Waals surface area contributed by atoms with E-state index in [1.165, 1.54) is 12.1 Å². The molecule has 5 nitrogen and oxygen atoms in total. The highest BCUT2D eigenvalue weighted by Crippen LogP contribution is 2.19. The number of halogens is 1. The van der Waals surface area contributed by atoms with Crippen molar-refractivity contribution in [2.45, 2.75) is 6.04 Å². The van der Waals surface area contributed by atoms with Crippen molar-refractivity contribution in [3.8, 4) is 0 Å². The lowest BCUT2D eigenvalue weighted by Gasteiger charge is -2.28. The molecule has 1 saturated heterocycles. The SMILES string of the molecule is CN(C)C(C(=O)NCCN1CCOCC1)c1cccc(F)c1. The molecule has 1 aliphatic heterocycles. The van der Waals surface area contributed by atoms with E-state index in [2.05, 4.69) is 10.2 Å². The molecular formula is C16H24FN3O2. The third-order valence-electron chi connectivity index (χ3n) is 3.76. The Kier molecular flexibility index (Phi) is 6.30. The fourth-order valence-electron chi connectivity index (χ4n) is 2.62. The van der Waals surface area contributed by atoms with Crippen molar-refractivity contribution < 1.29 is 13.9 Å². The van der Waals surface area contributed by atoms with Crippen molar-refractivity contribution in [1.29, 1.82) is 0 Å². The molecule has 1 heterocycles. The molecule has 1 aromatic carbocycles. The molecule has 0 spiro atoms. The Morgan fingerprint density at radius 3 is 2.77 bits per heavy atom. The molecule has 0 saturated carbocycles. The standard InChI is InChI=1S/C16H24FN3O2/c1-19(2)15(13-4-3-5-14(17)12-13)16(21)18-6-7-20-8-10-22-11-9-20/h3-5,12,15H,6-11H2,1-2H3,(H,18,21). The Hall–Kier alpha value is -1.50. The van der Waals surface area contributed by atoms with E-state index in [0.717, 1.165) is 32.8 Å². The van der Waals surface area contributed by atoms with Gasteiger partial charge in [-0.1, -0.05) is 12.1 Å². The third kappa shape index (κ3) is 4.76. The quantitative estimate of drug-likeness (QED) is 0.847. The smallest absolute Gasteiger partial charge is 0.241 e. The van der Waals surface area contributed by atoms with Gasteiger partial charge in [0, 0.05) is 26.2 Å². The molecule has 0 aromatic heterocycles. The van der Waals surface area contributed by atoms with Crippen LogP contribution in [0.1, 0.15) is 11.6 Å². The number of morpholine rings is 1. The monoisotopic (exact) mass is 309 g/mol. The maximum Gasteiger partial charge on any atom is 0.241 e. The van der Waals surface area contributed by atoms with Crippen LogP contribution in [0.2, 0.25) is 0 Å². The Morgan fingerprint density at radius 1 is 1.41 bits per heavy atom. The summed E-state index contributed by atoms with van der Waals surface area (Å²) in [5.41, 5.74) is 0.661. The molecule has 22 heavy (non-hydrogen) atoms. The van der Waals surface area contributed by atoms with Gasteiger partial charge in [-0.2, -0.15) is 0 Å². The lowest BCUT2D eigenvalue weighted by molar-refractivity contribution is -0.125. The van der Waals surface area contributed by atoms with E-state index < -0.39 is 6.04 Å². The van der Waals surface area contributed by atoms with Crippen molar-refractivity contribution in [3.05, 3.63) is 35.6 Å². The highest BCUT2D eigenvalue weighted by atomic mass is 19.1. The normalized spacial score (nSPS) is 17.5. The molecule has 1 amide bonds. The zero-order valence-corrected chi connectivity index (χ0v) is 13.2. The summed E-state index contributed by atoms with van der Waals surface area (Å²) in [6.45, 7) is 4.68. The van der Waals surface area contributed by atoms with Crippen LogP contribution in [0.25, 0.3) is 0 Å². The topological polar surface area (TPSA) is 44.8 Å². The molecule has 1 unspecified atom stereocenters. The van der Waals surface area contributed by atoms with E-state index in [4.69, 9.17) is 4.74 Å². The molecule has 0 radical (unpaired) electrons. The zero-order valence-electron chi connectivity index (χ0n) is 13.2. The van der Waals surface area contributed by atoms with Gasteiger partial charge in [0.05, 0.1) is 13.2 Å². The van der Waals surface area contributed by atoms with Gasteiger partial charge < -0.3 is 10.1 Å². The van der Waals surface area contributed by atoms with Crippen LogP contribution in [0.4, 0.5) is 4.39 Å². The molecule has 6 heteroatoms. The van der Waals surface area contributed by atoms with Crippen molar-refractivity contribution in [3.63, 3.8) is 0 Å². The molecule has 1 aliphatic rings. The third-order valence-corrected chi connectivity index (χ3v) is 3.76. The van der Waals surface area contributed by atoms with Crippen LogP contribution in [0.15, 0.2) is 24.3 Å². The summed E-state index contributed by atoms with van der Waals surface area (Å²) in [7, 11) is 3.63. The Labute approximate surface area is 131 Å². The first-order valence-electron chi connectivity index (χ1n) is 7.57. The number of hydrogen-bond donors (Lipinski definition) is 1. The van der Waals surface area contributed by atoms with E-state index >= 15 is 0 Å². The molecule has 2 rings (SSSR count). The van der Waals surface area contributed by atoms with Gasteiger partial charge in [0.25, 0.3) is 0 Å². The molecule has 1 aromatic rings.